The summed E-state index contributed by atoms with van der Waals surface area (Å²) < 4.78 is 17.4. The van der Waals surface area contributed by atoms with Crippen molar-refractivity contribution in [2.45, 2.75) is 271 Å². The van der Waals surface area contributed by atoms with Crippen molar-refractivity contribution in [1.82, 2.24) is 0 Å². The Morgan fingerprint density at radius 2 is 0.608 bits per heavy atom. The van der Waals surface area contributed by atoms with Crippen LogP contribution in [-0.4, -0.2) is 37.9 Å². The predicted molar refractivity (Wildman–Crippen MR) is 325 cm³/mol. The minimum absolute atomic E-state index is 0.0457. The number of esters is 2. The highest BCUT2D eigenvalue weighted by atomic mass is 16.6. The van der Waals surface area contributed by atoms with Gasteiger partial charge in [0.1, 0.15) is 6.61 Å². The van der Waals surface area contributed by atoms with Crippen molar-refractivity contribution in [3.63, 3.8) is 0 Å². The van der Waals surface area contributed by atoms with Crippen LogP contribution in [0.15, 0.2) is 134 Å². The van der Waals surface area contributed by atoms with Crippen LogP contribution in [0.3, 0.4) is 0 Å². The Morgan fingerprint density at radius 3 is 0.973 bits per heavy atom. The Hall–Kier alpha value is -3.96. The average molecular weight is 1020 g/mol. The van der Waals surface area contributed by atoms with E-state index in [2.05, 4.69) is 154 Å². The summed E-state index contributed by atoms with van der Waals surface area (Å²) in [5.74, 6) is -0.451. The molecule has 0 bridgehead atoms. The van der Waals surface area contributed by atoms with Crippen LogP contribution in [0.25, 0.3) is 0 Å². The van der Waals surface area contributed by atoms with Gasteiger partial charge in [-0.05, 0) is 135 Å². The monoisotopic (exact) mass is 1020 g/mol. The third-order valence-electron chi connectivity index (χ3n) is 12.6. The fourth-order valence-corrected chi connectivity index (χ4v) is 8.09. The maximum absolute atomic E-state index is 12.9. The number of hydrogen-bond donors (Lipinski definition) is 0. The molecule has 0 aliphatic carbocycles. The second-order valence-electron chi connectivity index (χ2n) is 19.9. The molecule has 5 nitrogen and oxygen atoms in total. The zero-order valence-corrected chi connectivity index (χ0v) is 48.3. The van der Waals surface area contributed by atoms with Gasteiger partial charge in [-0.3, -0.25) is 9.59 Å². The fourth-order valence-electron chi connectivity index (χ4n) is 8.09. The molecule has 1 unspecified atom stereocenters. The summed E-state index contributed by atoms with van der Waals surface area (Å²) in [6.07, 6.45) is 90.6. The fraction of sp³-hybridized carbons (Fsp3) is 0.652. The van der Waals surface area contributed by atoms with E-state index in [1.807, 2.05) is 0 Å². The zero-order valence-electron chi connectivity index (χ0n) is 48.3. The van der Waals surface area contributed by atoms with Crippen molar-refractivity contribution in [2.75, 3.05) is 19.8 Å². The van der Waals surface area contributed by atoms with E-state index in [4.69, 9.17) is 14.2 Å². The van der Waals surface area contributed by atoms with Crippen LogP contribution in [0, 0.1) is 0 Å². The SMILES string of the molecule is CC/C=C\C/C=C\C/C=C\C/C=C\C/C=C\C/C=C\CCCOCC(COC(=O)CCCCCCCC/C=C\C/C=C\C/C=C\CCCCC)OC(=O)CCCCCCCCCCC/C=C\C/C=C\CCCCC. The van der Waals surface area contributed by atoms with Crippen LogP contribution in [0.4, 0.5) is 0 Å². The first-order chi connectivity index (χ1) is 36.6. The molecule has 5 heteroatoms. The average Bonchev–Trinajstić information content (AvgIpc) is 3.40. The lowest BCUT2D eigenvalue weighted by molar-refractivity contribution is -0.163. The van der Waals surface area contributed by atoms with Crippen molar-refractivity contribution in [1.29, 1.82) is 0 Å². The Bertz CT molecular complexity index is 1530. The molecule has 0 heterocycles. The van der Waals surface area contributed by atoms with Crippen LogP contribution in [0.5, 0.6) is 0 Å². The molecule has 0 spiro atoms. The van der Waals surface area contributed by atoms with Crippen molar-refractivity contribution in [3.8, 4) is 0 Å². The normalized spacial score (nSPS) is 13.2. The number of unbranched alkanes of at least 4 members (excludes halogenated alkanes) is 22. The van der Waals surface area contributed by atoms with Gasteiger partial charge in [0.05, 0.1) is 6.61 Å². The van der Waals surface area contributed by atoms with Crippen LogP contribution in [0.2, 0.25) is 0 Å². The maximum atomic E-state index is 12.9. The molecule has 0 aliphatic heterocycles. The summed E-state index contributed by atoms with van der Waals surface area (Å²) in [4.78, 5) is 25.6. The van der Waals surface area contributed by atoms with Crippen molar-refractivity contribution in [3.05, 3.63) is 134 Å². The highest BCUT2D eigenvalue weighted by Crippen LogP contribution is 2.14. The maximum Gasteiger partial charge on any atom is 0.306 e. The highest BCUT2D eigenvalue weighted by molar-refractivity contribution is 5.70. The first-order valence-corrected chi connectivity index (χ1v) is 30.7. The molecule has 0 aromatic carbocycles. The molecule has 0 fully saturated rings. The minimum Gasteiger partial charge on any atom is -0.462 e. The lowest BCUT2D eigenvalue weighted by atomic mass is 10.1. The molecular weight excluding hydrogens is 909 g/mol. The largest absolute Gasteiger partial charge is 0.462 e. The molecule has 1 atom stereocenters. The molecule has 0 aliphatic rings. The van der Waals surface area contributed by atoms with Crippen LogP contribution in [-0.2, 0) is 23.8 Å². The number of hydrogen-bond acceptors (Lipinski definition) is 5. The van der Waals surface area contributed by atoms with E-state index in [0.717, 1.165) is 116 Å². The second kappa shape index (κ2) is 63.3. The summed E-state index contributed by atoms with van der Waals surface area (Å²) in [6.45, 7) is 7.51. The topological polar surface area (TPSA) is 61.8 Å². The second-order valence-corrected chi connectivity index (χ2v) is 19.9. The molecule has 74 heavy (non-hydrogen) atoms. The lowest BCUT2D eigenvalue weighted by Crippen LogP contribution is -2.30. The number of ether oxygens (including phenoxy) is 3. The van der Waals surface area contributed by atoms with Crippen molar-refractivity contribution in [2.24, 2.45) is 0 Å². The van der Waals surface area contributed by atoms with E-state index in [-0.39, 0.29) is 25.2 Å². The van der Waals surface area contributed by atoms with E-state index in [1.54, 1.807) is 0 Å². The van der Waals surface area contributed by atoms with Gasteiger partial charge in [0.2, 0.25) is 0 Å². The zero-order chi connectivity index (χ0) is 53.4. The first-order valence-electron chi connectivity index (χ1n) is 30.7. The van der Waals surface area contributed by atoms with Gasteiger partial charge in [-0.15, -0.1) is 0 Å². The highest BCUT2D eigenvalue weighted by Gasteiger charge is 2.17. The predicted octanol–water partition coefficient (Wildman–Crippen LogP) is 21.5. The van der Waals surface area contributed by atoms with E-state index in [0.29, 0.717) is 19.4 Å². The Balaban J connectivity index is 4.44. The molecule has 0 N–H and O–H groups in total. The van der Waals surface area contributed by atoms with E-state index in [9.17, 15) is 9.59 Å². The Kier molecular flexibility index (Phi) is 59.9. The standard InChI is InChI=1S/C69H114O5/c1-4-7-10-13-16-19-22-25-28-31-34-37-40-43-46-49-52-55-58-61-64-72-65-67(74-69(71)63-60-57-54-51-48-45-42-39-36-33-30-27-24-21-18-15-12-9-6-3)66-73-68(70)62-59-56-53-50-47-44-41-38-35-32-29-26-23-20-17-14-11-8-5-2/h7,10,16-21,25-30,34-35,37-38,43,46,52,55,67H,4-6,8-9,11-15,22-24,31-33,36,39-42,44-45,47-51,53-54,56-66H2,1-3H3/b10-7-,19-16-,20-17-,21-18-,28-25-,29-26-,30-27-,37-34-,38-35-,46-43-,55-52-. The van der Waals surface area contributed by atoms with Gasteiger partial charge in [0.15, 0.2) is 6.10 Å². The Morgan fingerprint density at radius 1 is 0.311 bits per heavy atom. The molecule has 0 saturated carbocycles. The lowest BCUT2D eigenvalue weighted by Gasteiger charge is -2.18. The van der Waals surface area contributed by atoms with Crippen LogP contribution < -0.4 is 0 Å². The van der Waals surface area contributed by atoms with Gasteiger partial charge in [0, 0.05) is 19.4 Å². The van der Waals surface area contributed by atoms with Gasteiger partial charge < -0.3 is 14.2 Å². The van der Waals surface area contributed by atoms with Gasteiger partial charge in [-0.1, -0.05) is 251 Å². The Labute approximate surface area is 458 Å². The van der Waals surface area contributed by atoms with Gasteiger partial charge in [-0.25, -0.2) is 0 Å². The molecule has 0 saturated heterocycles. The van der Waals surface area contributed by atoms with E-state index in [1.165, 1.54) is 116 Å². The summed E-state index contributed by atoms with van der Waals surface area (Å²) in [5.41, 5.74) is 0. The van der Waals surface area contributed by atoms with Gasteiger partial charge in [0.25, 0.3) is 0 Å². The number of carbonyl (C=O) groups excluding carboxylic acids is 2. The van der Waals surface area contributed by atoms with Crippen molar-refractivity contribution < 1.29 is 23.8 Å². The smallest absolute Gasteiger partial charge is 0.306 e. The molecule has 0 aromatic heterocycles. The van der Waals surface area contributed by atoms with E-state index < -0.39 is 6.10 Å². The number of rotatable bonds is 55. The molecule has 0 amide bonds. The number of carbonyl (C=O) groups is 2. The molecular formula is C69H114O5. The van der Waals surface area contributed by atoms with E-state index >= 15 is 0 Å². The summed E-state index contributed by atoms with van der Waals surface area (Å²) in [6, 6.07) is 0. The van der Waals surface area contributed by atoms with Gasteiger partial charge in [-0.2, -0.15) is 0 Å². The molecule has 0 rings (SSSR count). The summed E-state index contributed by atoms with van der Waals surface area (Å²) in [5, 5.41) is 0. The van der Waals surface area contributed by atoms with Crippen LogP contribution >= 0.6 is 0 Å². The van der Waals surface area contributed by atoms with Crippen LogP contribution in [0.1, 0.15) is 265 Å². The number of allylic oxidation sites excluding steroid dienone is 22. The summed E-state index contributed by atoms with van der Waals surface area (Å²) >= 11 is 0. The third-order valence-corrected chi connectivity index (χ3v) is 12.6. The quantitative estimate of drug-likeness (QED) is 0.0345. The van der Waals surface area contributed by atoms with Gasteiger partial charge >= 0.3 is 11.9 Å². The summed E-state index contributed by atoms with van der Waals surface area (Å²) in [7, 11) is 0. The minimum atomic E-state index is -0.586. The molecule has 0 aromatic rings. The molecule has 0 radical (unpaired) electrons. The van der Waals surface area contributed by atoms with Crippen molar-refractivity contribution >= 4 is 11.9 Å². The third kappa shape index (κ3) is 60.6. The molecule has 420 valence electrons. The first kappa shape index (κ1) is 70.0.